The first-order valence-corrected chi connectivity index (χ1v) is 9.39. The summed E-state index contributed by atoms with van der Waals surface area (Å²) in [6, 6.07) is 0. The van der Waals surface area contributed by atoms with Crippen LogP contribution in [-0.2, 0) is 19.9 Å². The molecule has 1 atom stereocenters. The molecule has 2 aromatic rings. The van der Waals surface area contributed by atoms with Gasteiger partial charge < -0.3 is 10.2 Å². The molecule has 1 aliphatic heterocycles. The van der Waals surface area contributed by atoms with E-state index in [2.05, 4.69) is 38.4 Å². The molecule has 1 saturated heterocycles. The molecule has 0 aromatic carbocycles. The van der Waals surface area contributed by atoms with E-state index >= 15 is 0 Å². The lowest BCUT2D eigenvalue weighted by Crippen LogP contribution is -2.40. The summed E-state index contributed by atoms with van der Waals surface area (Å²) in [6.07, 6.45) is 9.27. The van der Waals surface area contributed by atoms with E-state index in [1.54, 1.807) is 0 Å². The maximum atomic E-state index is 4.48. The normalized spacial score (nSPS) is 18.4. The van der Waals surface area contributed by atoms with Crippen LogP contribution in [0.3, 0.4) is 0 Å². The Morgan fingerprint density at radius 3 is 3.00 bits per heavy atom. The molecule has 1 fully saturated rings. The number of thiazole rings is 1. The van der Waals surface area contributed by atoms with Crippen molar-refractivity contribution in [2.45, 2.75) is 32.1 Å². The minimum Gasteiger partial charge on any atom is -0.356 e. The summed E-state index contributed by atoms with van der Waals surface area (Å²) in [7, 11) is 3.83. The van der Waals surface area contributed by atoms with Gasteiger partial charge in [-0.3, -0.25) is 9.67 Å². The Morgan fingerprint density at radius 2 is 2.33 bits per heavy atom. The topological polar surface area (TPSA) is 58.3 Å². The first-order chi connectivity index (χ1) is 11.7. The van der Waals surface area contributed by atoms with Gasteiger partial charge in [-0.15, -0.1) is 11.3 Å². The second-order valence-corrected chi connectivity index (χ2v) is 7.38. The third-order valence-electron chi connectivity index (χ3n) is 4.47. The maximum absolute atomic E-state index is 4.48. The van der Waals surface area contributed by atoms with E-state index in [-0.39, 0.29) is 0 Å². The lowest BCUT2D eigenvalue weighted by atomic mass is 10.0. The van der Waals surface area contributed by atoms with Gasteiger partial charge in [0, 0.05) is 63.3 Å². The van der Waals surface area contributed by atoms with Gasteiger partial charge in [0.1, 0.15) is 0 Å². The highest BCUT2D eigenvalue weighted by Crippen LogP contribution is 2.26. The minimum absolute atomic E-state index is 0.545. The van der Waals surface area contributed by atoms with Gasteiger partial charge in [-0.1, -0.05) is 6.92 Å². The Balaban J connectivity index is 1.49. The van der Waals surface area contributed by atoms with Crippen LogP contribution in [0, 0.1) is 0 Å². The standard InChI is InChI=1S/C17H26N6S/c1-4-15-10-20-16(24-15)5-7-19-17(18-2)23-8-6-13(12-23)14-9-21-22(3)11-14/h9-11,13H,4-8,12H2,1-3H3,(H,18,19). The van der Waals surface area contributed by atoms with Crippen molar-refractivity contribution >= 4 is 17.3 Å². The van der Waals surface area contributed by atoms with E-state index in [1.807, 2.05) is 42.5 Å². The lowest BCUT2D eigenvalue weighted by molar-refractivity contribution is 0.486. The molecule has 24 heavy (non-hydrogen) atoms. The summed E-state index contributed by atoms with van der Waals surface area (Å²) in [6.45, 7) is 5.08. The number of nitrogens with zero attached hydrogens (tertiary/aromatic N) is 5. The zero-order valence-electron chi connectivity index (χ0n) is 14.7. The molecule has 0 saturated carbocycles. The van der Waals surface area contributed by atoms with Gasteiger partial charge in [0.15, 0.2) is 5.96 Å². The van der Waals surface area contributed by atoms with Crippen molar-refractivity contribution in [2.75, 3.05) is 26.7 Å². The van der Waals surface area contributed by atoms with Crippen LogP contribution in [-0.4, -0.2) is 52.3 Å². The van der Waals surface area contributed by atoms with E-state index in [0.717, 1.165) is 44.9 Å². The number of hydrogen-bond acceptors (Lipinski definition) is 4. The third kappa shape index (κ3) is 3.95. The SMILES string of the molecule is CCc1cnc(CCNC(=NC)N2CCC(c3cnn(C)c3)C2)s1. The number of guanidine groups is 1. The molecule has 3 rings (SSSR count). The van der Waals surface area contributed by atoms with Crippen molar-refractivity contribution in [3.8, 4) is 0 Å². The second kappa shape index (κ2) is 7.79. The number of likely N-dealkylation sites (tertiary alicyclic amines) is 1. The van der Waals surface area contributed by atoms with Gasteiger partial charge in [0.05, 0.1) is 11.2 Å². The zero-order valence-corrected chi connectivity index (χ0v) is 15.5. The summed E-state index contributed by atoms with van der Waals surface area (Å²) in [4.78, 5) is 12.6. The Kier molecular flexibility index (Phi) is 5.50. The number of rotatable bonds is 5. The number of nitrogens with one attached hydrogen (secondary N) is 1. The van der Waals surface area contributed by atoms with Crippen molar-refractivity contribution in [3.63, 3.8) is 0 Å². The molecular weight excluding hydrogens is 320 g/mol. The number of aryl methyl sites for hydroxylation is 2. The van der Waals surface area contributed by atoms with E-state index in [0.29, 0.717) is 5.92 Å². The molecule has 0 radical (unpaired) electrons. The molecule has 1 unspecified atom stereocenters. The van der Waals surface area contributed by atoms with Crippen LogP contribution in [0.1, 0.15) is 34.7 Å². The van der Waals surface area contributed by atoms with Crippen LogP contribution in [0.4, 0.5) is 0 Å². The van der Waals surface area contributed by atoms with E-state index in [1.165, 1.54) is 15.4 Å². The fourth-order valence-electron chi connectivity index (χ4n) is 3.12. The highest BCUT2D eigenvalue weighted by molar-refractivity contribution is 7.11. The fraction of sp³-hybridized carbons (Fsp3) is 0.588. The molecule has 1 N–H and O–H groups in total. The molecule has 130 valence electrons. The van der Waals surface area contributed by atoms with Crippen LogP contribution in [0.2, 0.25) is 0 Å². The second-order valence-electron chi connectivity index (χ2n) is 6.18. The molecule has 0 spiro atoms. The summed E-state index contributed by atoms with van der Waals surface area (Å²) in [5.41, 5.74) is 1.32. The maximum Gasteiger partial charge on any atom is 0.193 e. The Labute approximate surface area is 147 Å². The van der Waals surface area contributed by atoms with Crippen LogP contribution in [0.15, 0.2) is 23.6 Å². The van der Waals surface area contributed by atoms with E-state index in [4.69, 9.17) is 0 Å². The van der Waals surface area contributed by atoms with Gasteiger partial charge in [-0.25, -0.2) is 4.98 Å². The smallest absolute Gasteiger partial charge is 0.193 e. The van der Waals surface area contributed by atoms with Crippen LogP contribution in [0.5, 0.6) is 0 Å². The Hall–Kier alpha value is -1.89. The summed E-state index contributed by atoms with van der Waals surface area (Å²) in [5, 5.41) is 8.97. The molecule has 2 aromatic heterocycles. The van der Waals surface area contributed by atoms with Gasteiger partial charge in [0.2, 0.25) is 0 Å². The van der Waals surface area contributed by atoms with Crippen molar-refractivity contribution in [2.24, 2.45) is 12.0 Å². The molecule has 6 nitrogen and oxygen atoms in total. The molecule has 1 aliphatic rings. The van der Waals surface area contributed by atoms with Crippen LogP contribution in [0.25, 0.3) is 0 Å². The van der Waals surface area contributed by atoms with Gasteiger partial charge in [-0.05, 0) is 18.4 Å². The molecule has 7 heteroatoms. The summed E-state index contributed by atoms with van der Waals surface area (Å²) < 4.78 is 1.88. The highest BCUT2D eigenvalue weighted by atomic mass is 32.1. The first kappa shape index (κ1) is 17.0. The van der Waals surface area contributed by atoms with Gasteiger partial charge in [0.25, 0.3) is 0 Å². The van der Waals surface area contributed by atoms with Crippen LogP contribution < -0.4 is 5.32 Å². The van der Waals surface area contributed by atoms with E-state index < -0.39 is 0 Å². The zero-order chi connectivity index (χ0) is 16.9. The average Bonchev–Trinajstić information content (AvgIpc) is 3.31. The highest BCUT2D eigenvalue weighted by Gasteiger charge is 2.26. The van der Waals surface area contributed by atoms with Gasteiger partial charge >= 0.3 is 0 Å². The van der Waals surface area contributed by atoms with Crippen LogP contribution >= 0.6 is 11.3 Å². The fourth-order valence-corrected chi connectivity index (χ4v) is 3.98. The molecular formula is C17H26N6S. The average molecular weight is 347 g/mol. The van der Waals surface area contributed by atoms with Crippen molar-refractivity contribution in [3.05, 3.63) is 34.0 Å². The van der Waals surface area contributed by atoms with Gasteiger partial charge in [-0.2, -0.15) is 5.10 Å². The molecule has 0 bridgehead atoms. The van der Waals surface area contributed by atoms with E-state index in [9.17, 15) is 0 Å². The molecule has 0 amide bonds. The molecule has 3 heterocycles. The summed E-state index contributed by atoms with van der Waals surface area (Å²) in [5.74, 6) is 1.54. The summed E-state index contributed by atoms with van der Waals surface area (Å²) >= 11 is 1.81. The monoisotopic (exact) mass is 346 g/mol. The largest absolute Gasteiger partial charge is 0.356 e. The van der Waals surface area contributed by atoms with Crippen molar-refractivity contribution < 1.29 is 0 Å². The first-order valence-electron chi connectivity index (χ1n) is 8.57. The molecule has 0 aliphatic carbocycles. The lowest BCUT2D eigenvalue weighted by Gasteiger charge is -2.21. The Morgan fingerprint density at radius 1 is 1.46 bits per heavy atom. The Bertz CT molecular complexity index is 689. The quantitative estimate of drug-likeness (QED) is 0.665. The van der Waals surface area contributed by atoms with Crippen molar-refractivity contribution in [1.82, 2.24) is 25.0 Å². The predicted octanol–water partition coefficient (Wildman–Crippen LogP) is 2.05. The third-order valence-corrected chi connectivity index (χ3v) is 5.67. The predicted molar refractivity (Wildman–Crippen MR) is 98.7 cm³/mol. The minimum atomic E-state index is 0.545. The number of hydrogen-bond donors (Lipinski definition) is 1. The number of aliphatic imine (C=N–C) groups is 1. The van der Waals surface area contributed by atoms with Crippen molar-refractivity contribution in [1.29, 1.82) is 0 Å². The number of aromatic nitrogens is 3.